The summed E-state index contributed by atoms with van der Waals surface area (Å²) in [5.74, 6) is -0.333. The van der Waals surface area contributed by atoms with Gasteiger partial charge in [-0.1, -0.05) is 35.1 Å². The van der Waals surface area contributed by atoms with Crippen LogP contribution in [0.5, 0.6) is 0 Å². The second-order valence-electron chi connectivity index (χ2n) is 6.21. The molecule has 0 spiro atoms. The molecule has 2 aromatic heterocycles. The maximum absolute atomic E-state index is 12.6. The third-order valence-corrected chi connectivity index (χ3v) is 9.04. The Morgan fingerprint density at radius 2 is 1.89 bits per heavy atom. The number of halogens is 1. The monoisotopic (exact) mass is 441 g/mol. The number of piperidine rings is 1. The normalized spacial score (nSPS) is 16.6. The second kappa shape index (κ2) is 7.48. The standard InChI is InChI=1S/C17H16ClN3O3S3/c18-14-5-6-15(26-14)27(23,24)21-9-7-11(8-10-21)16(22)20-17-19-12-3-1-2-4-13(12)25-17/h1-6,11H,7-10H2,(H,19,20,22). The summed E-state index contributed by atoms with van der Waals surface area (Å²) in [6.07, 6.45) is 0.962. The summed E-state index contributed by atoms with van der Waals surface area (Å²) < 4.78 is 28.4. The van der Waals surface area contributed by atoms with Crippen molar-refractivity contribution in [3.05, 3.63) is 40.7 Å². The average molecular weight is 442 g/mol. The number of sulfonamides is 1. The van der Waals surface area contributed by atoms with Crippen LogP contribution in [0.25, 0.3) is 10.2 Å². The Morgan fingerprint density at radius 1 is 1.15 bits per heavy atom. The number of benzene rings is 1. The van der Waals surface area contributed by atoms with E-state index in [2.05, 4.69) is 10.3 Å². The first-order valence-corrected chi connectivity index (χ1v) is 11.8. The maximum Gasteiger partial charge on any atom is 0.252 e. The molecule has 4 rings (SSSR count). The summed E-state index contributed by atoms with van der Waals surface area (Å²) in [6, 6.07) is 10.8. The van der Waals surface area contributed by atoms with E-state index in [0.717, 1.165) is 21.6 Å². The number of nitrogens with zero attached hydrogens (tertiary/aromatic N) is 2. The van der Waals surface area contributed by atoms with E-state index in [1.54, 1.807) is 6.07 Å². The lowest BCUT2D eigenvalue weighted by Gasteiger charge is -2.29. The quantitative estimate of drug-likeness (QED) is 0.662. The molecule has 0 aliphatic carbocycles. The molecule has 1 aliphatic rings. The summed E-state index contributed by atoms with van der Waals surface area (Å²) in [6.45, 7) is 0.631. The molecule has 1 N–H and O–H groups in total. The number of hydrogen-bond donors (Lipinski definition) is 1. The average Bonchev–Trinajstić information content (AvgIpc) is 3.27. The molecule has 27 heavy (non-hydrogen) atoms. The predicted octanol–water partition coefficient (Wildman–Crippen LogP) is 4.05. The summed E-state index contributed by atoms with van der Waals surface area (Å²) in [4.78, 5) is 17.0. The first-order valence-electron chi connectivity index (χ1n) is 8.35. The van der Waals surface area contributed by atoms with E-state index in [-0.39, 0.29) is 16.0 Å². The fourth-order valence-electron chi connectivity index (χ4n) is 3.06. The fourth-order valence-corrected chi connectivity index (χ4v) is 7.03. The second-order valence-corrected chi connectivity index (χ2v) is 11.1. The van der Waals surface area contributed by atoms with E-state index in [4.69, 9.17) is 11.6 Å². The van der Waals surface area contributed by atoms with E-state index in [1.807, 2.05) is 24.3 Å². The molecular formula is C17H16ClN3O3S3. The number of carbonyl (C=O) groups excluding carboxylic acids is 1. The van der Waals surface area contributed by atoms with Crippen LogP contribution in [0.1, 0.15) is 12.8 Å². The Balaban J connectivity index is 1.39. The van der Waals surface area contributed by atoms with Gasteiger partial charge in [0.15, 0.2) is 5.13 Å². The molecule has 142 valence electrons. The SMILES string of the molecule is O=C(Nc1nc2ccccc2s1)C1CCN(S(=O)(=O)c2ccc(Cl)s2)CC1. The van der Waals surface area contributed by atoms with Crippen LogP contribution in [0.4, 0.5) is 5.13 Å². The highest BCUT2D eigenvalue weighted by Crippen LogP contribution is 2.31. The molecule has 1 fully saturated rings. The molecule has 3 heterocycles. The third-order valence-electron chi connectivity index (χ3n) is 4.49. The van der Waals surface area contributed by atoms with E-state index < -0.39 is 10.0 Å². The van der Waals surface area contributed by atoms with Gasteiger partial charge >= 0.3 is 0 Å². The van der Waals surface area contributed by atoms with Crippen molar-refractivity contribution < 1.29 is 13.2 Å². The van der Waals surface area contributed by atoms with Gasteiger partial charge < -0.3 is 5.32 Å². The van der Waals surface area contributed by atoms with Crippen LogP contribution in [-0.2, 0) is 14.8 Å². The molecule has 0 bridgehead atoms. The largest absolute Gasteiger partial charge is 0.302 e. The van der Waals surface area contributed by atoms with Crippen molar-refractivity contribution in [2.75, 3.05) is 18.4 Å². The molecular weight excluding hydrogens is 426 g/mol. The Labute approximate surface area is 169 Å². The Hall–Kier alpha value is -1.52. The first kappa shape index (κ1) is 18.8. The van der Waals surface area contributed by atoms with Crippen molar-refractivity contribution in [2.45, 2.75) is 17.1 Å². The molecule has 0 unspecified atom stereocenters. The number of nitrogens with one attached hydrogen (secondary N) is 1. The number of aromatic nitrogens is 1. The Kier molecular flexibility index (Phi) is 5.21. The van der Waals surface area contributed by atoms with Gasteiger partial charge in [-0.05, 0) is 37.1 Å². The first-order chi connectivity index (χ1) is 12.9. The van der Waals surface area contributed by atoms with Crippen molar-refractivity contribution in [1.29, 1.82) is 0 Å². The number of thiazole rings is 1. The molecule has 0 saturated carbocycles. The van der Waals surface area contributed by atoms with Crippen LogP contribution in [-0.4, -0.2) is 36.7 Å². The molecule has 6 nitrogen and oxygen atoms in total. The Morgan fingerprint density at radius 3 is 2.56 bits per heavy atom. The van der Waals surface area contributed by atoms with Crippen LogP contribution in [0.15, 0.2) is 40.6 Å². The highest BCUT2D eigenvalue weighted by atomic mass is 35.5. The summed E-state index contributed by atoms with van der Waals surface area (Å²) in [7, 11) is -3.54. The number of thiophene rings is 1. The van der Waals surface area contributed by atoms with E-state index in [0.29, 0.717) is 35.4 Å². The van der Waals surface area contributed by atoms with Gasteiger partial charge in [-0.25, -0.2) is 13.4 Å². The molecule has 0 radical (unpaired) electrons. The van der Waals surface area contributed by atoms with Gasteiger partial charge in [0, 0.05) is 19.0 Å². The van der Waals surface area contributed by atoms with Crippen LogP contribution in [0.2, 0.25) is 4.34 Å². The number of para-hydroxylation sites is 1. The number of rotatable bonds is 4. The van der Waals surface area contributed by atoms with Crippen LogP contribution < -0.4 is 5.32 Å². The number of amides is 1. The van der Waals surface area contributed by atoms with Gasteiger partial charge in [-0.3, -0.25) is 4.79 Å². The lowest BCUT2D eigenvalue weighted by Crippen LogP contribution is -2.41. The van der Waals surface area contributed by atoms with E-state index in [9.17, 15) is 13.2 Å². The summed E-state index contributed by atoms with van der Waals surface area (Å²) >= 11 is 8.34. The molecule has 1 aromatic carbocycles. The lowest BCUT2D eigenvalue weighted by atomic mass is 9.97. The lowest BCUT2D eigenvalue weighted by molar-refractivity contribution is -0.120. The maximum atomic E-state index is 12.6. The van der Waals surface area contributed by atoms with Gasteiger partial charge in [-0.2, -0.15) is 4.31 Å². The van der Waals surface area contributed by atoms with Crippen molar-refractivity contribution in [3.8, 4) is 0 Å². The zero-order valence-corrected chi connectivity index (χ0v) is 17.3. The van der Waals surface area contributed by atoms with Crippen molar-refractivity contribution in [2.24, 2.45) is 5.92 Å². The zero-order chi connectivity index (χ0) is 19.0. The third kappa shape index (κ3) is 3.88. The summed E-state index contributed by atoms with van der Waals surface area (Å²) in [5.41, 5.74) is 0.855. The van der Waals surface area contributed by atoms with Gasteiger partial charge in [-0.15, -0.1) is 11.3 Å². The van der Waals surface area contributed by atoms with Crippen molar-refractivity contribution in [3.63, 3.8) is 0 Å². The fraction of sp³-hybridized carbons (Fsp3) is 0.294. The van der Waals surface area contributed by atoms with Crippen LogP contribution in [0.3, 0.4) is 0 Å². The number of hydrogen-bond acceptors (Lipinski definition) is 6. The highest BCUT2D eigenvalue weighted by molar-refractivity contribution is 7.91. The molecule has 1 saturated heterocycles. The molecule has 10 heteroatoms. The highest BCUT2D eigenvalue weighted by Gasteiger charge is 2.33. The zero-order valence-electron chi connectivity index (χ0n) is 14.1. The summed E-state index contributed by atoms with van der Waals surface area (Å²) in [5, 5.41) is 3.45. The minimum Gasteiger partial charge on any atom is -0.302 e. The van der Waals surface area contributed by atoms with Gasteiger partial charge in [0.2, 0.25) is 5.91 Å². The number of anilines is 1. The topological polar surface area (TPSA) is 79.4 Å². The van der Waals surface area contributed by atoms with Crippen LogP contribution >= 0.6 is 34.3 Å². The molecule has 1 amide bonds. The minimum absolute atomic E-state index is 0.106. The van der Waals surface area contributed by atoms with E-state index >= 15 is 0 Å². The van der Waals surface area contributed by atoms with Gasteiger partial charge in [0.1, 0.15) is 4.21 Å². The predicted molar refractivity (Wildman–Crippen MR) is 109 cm³/mol. The van der Waals surface area contributed by atoms with Crippen LogP contribution in [0, 0.1) is 5.92 Å². The van der Waals surface area contributed by atoms with Crippen molar-refractivity contribution in [1.82, 2.24) is 9.29 Å². The number of carbonyl (C=O) groups is 1. The van der Waals surface area contributed by atoms with Gasteiger partial charge in [0.25, 0.3) is 10.0 Å². The molecule has 1 aliphatic heterocycles. The molecule has 0 atom stereocenters. The minimum atomic E-state index is -3.54. The van der Waals surface area contributed by atoms with Gasteiger partial charge in [0.05, 0.1) is 14.6 Å². The van der Waals surface area contributed by atoms with E-state index in [1.165, 1.54) is 21.7 Å². The smallest absolute Gasteiger partial charge is 0.252 e. The Bertz CT molecular complexity index is 1050. The number of fused-ring (bicyclic) bond motifs is 1. The molecule has 3 aromatic rings. The van der Waals surface area contributed by atoms with Crippen molar-refractivity contribution >= 4 is 65.6 Å².